The second kappa shape index (κ2) is 12.8. The summed E-state index contributed by atoms with van der Waals surface area (Å²) in [6, 6.07) is 10.6. The third-order valence-corrected chi connectivity index (χ3v) is 5.40. The zero-order valence-corrected chi connectivity index (χ0v) is 18.8. The Morgan fingerprint density at radius 1 is 1.28 bits per heavy atom. The Kier molecular flexibility index (Phi) is 11.6. The van der Waals surface area contributed by atoms with Crippen LogP contribution in [0.5, 0.6) is 0 Å². The molecule has 1 saturated heterocycles. The molecule has 2 N–H and O–H groups in total. The summed E-state index contributed by atoms with van der Waals surface area (Å²) >= 11 is 1.88. The van der Waals surface area contributed by atoms with Gasteiger partial charge in [-0.15, -0.1) is 35.7 Å². The third kappa shape index (κ3) is 8.64. The number of guanidine groups is 1. The summed E-state index contributed by atoms with van der Waals surface area (Å²) in [5.74, 6) is 1.69. The first kappa shape index (κ1) is 22.6. The van der Waals surface area contributed by atoms with E-state index in [-0.39, 0.29) is 24.0 Å². The lowest BCUT2D eigenvalue weighted by atomic mass is 10.1. The molecule has 142 valence electrons. The van der Waals surface area contributed by atoms with E-state index in [1.165, 1.54) is 31.0 Å². The lowest BCUT2D eigenvalue weighted by Gasteiger charge is -2.17. The summed E-state index contributed by atoms with van der Waals surface area (Å²) in [6.07, 6.45) is 1.29. The van der Waals surface area contributed by atoms with E-state index >= 15 is 0 Å². The van der Waals surface area contributed by atoms with Gasteiger partial charge in [-0.25, -0.2) is 0 Å². The molecule has 2 unspecified atom stereocenters. The monoisotopic (exact) mass is 476 g/mol. The Hall–Kier alpha value is -0.470. The van der Waals surface area contributed by atoms with Gasteiger partial charge in [0.15, 0.2) is 5.96 Å². The molecule has 1 heterocycles. The molecule has 2 atom stereocenters. The number of nitrogens with one attached hydrogen (secondary N) is 2. The molecule has 0 bridgehead atoms. The maximum absolute atomic E-state index is 4.77. The van der Waals surface area contributed by atoms with Gasteiger partial charge in [0.2, 0.25) is 0 Å². The highest BCUT2D eigenvalue weighted by Gasteiger charge is 2.21. The minimum atomic E-state index is 0. The van der Waals surface area contributed by atoms with Crippen LogP contribution in [-0.2, 0) is 0 Å². The number of rotatable bonds is 8. The third-order valence-electron chi connectivity index (χ3n) is 4.31. The number of hydrogen-bond acceptors (Lipinski definition) is 3. The number of nitrogens with zero attached hydrogens (tertiary/aromatic N) is 2. The van der Waals surface area contributed by atoms with Crippen LogP contribution in [-0.4, -0.2) is 55.4 Å². The highest BCUT2D eigenvalue weighted by atomic mass is 127. The molecule has 25 heavy (non-hydrogen) atoms. The van der Waals surface area contributed by atoms with E-state index in [1.54, 1.807) is 0 Å². The Bertz CT molecular complexity index is 497. The fraction of sp³-hybridized carbons (Fsp3) is 0.632. The van der Waals surface area contributed by atoms with Crippen LogP contribution < -0.4 is 10.6 Å². The summed E-state index contributed by atoms with van der Waals surface area (Å²) in [7, 11) is 0. The molecule has 0 amide bonds. The Balaban J connectivity index is 0.00000312. The molecule has 0 radical (unpaired) electrons. The van der Waals surface area contributed by atoms with Gasteiger partial charge in [-0.3, -0.25) is 4.99 Å². The van der Waals surface area contributed by atoms with Crippen molar-refractivity contribution >= 4 is 41.7 Å². The lowest BCUT2D eigenvalue weighted by molar-refractivity contribution is 0.342. The van der Waals surface area contributed by atoms with Crippen molar-refractivity contribution in [1.29, 1.82) is 0 Å². The molecule has 0 aliphatic carbocycles. The molecule has 2 rings (SSSR count). The number of hydrogen-bond donors (Lipinski definition) is 2. The van der Waals surface area contributed by atoms with Gasteiger partial charge in [-0.05, 0) is 44.5 Å². The van der Waals surface area contributed by atoms with E-state index in [0.29, 0.717) is 5.25 Å². The topological polar surface area (TPSA) is 39.7 Å². The smallest absolute Gasteiger partial charge is 0.191 e. The van der Waals surface area contributed by atoms with Gasteiger partial charge in [-0.2, -0.15) is 0 Å². The van der Waals surface area contributed by atoms with Gasteiger partial charge in [0, 0.05) is 29.8 Å². The van der Waals surface area contributed by atoms with Crippen molar-refractivity contribution in [3.8, 4) is 0 Å². The highest BCUT2D eigenvalue weighted by molar-refractivity contribution is 14.0. The van der Waals surface area contributed by atoms with Gasteiger partial charge in [0.05, 0.1) is 6.54 Å². The maximum atomic E-state index is 4.77. The van der Waals surface area contributed by atoms with Crippen LogP contribution in [0.4, 0.5) is 0 Å². The van der Waals surface area contributed by atoms with Crippen LogP contribution in [0.3, 0.4) is 0 Å². The largest absolute Gasteiger partial charge is 0.357 e. The first-order valence-corrected chi connectivity index (χ1v) is 10.1. The molecule has 0 saturated carbocycles. The average Bonchev–Trinajstić information content (AvgIpc) is 3.06. The van der Waals surface area contributed by atoms with Gasteiger partial charge < -0.3 is 15.5 Å². The molecule has 1 aliphatic rings. The van der Waals surface area contributed by atoms with E-state index < -0.39 is 0 Å². The first-order chi connectivity index (χ1) is 11.7. The minimum Gasteiger partial charge on any atom is -0.357 e. The number of likely N-dealkylation sites (tertiary alicyclic amines) is 1. The molecule has 1 aromatic rings. The number of thioether (sulfide) groups is 1. The Labute approximate surface area is 174 Å². The fourth-order valence-electron chi connectivity index (χ4n) is 2.94. The van der Waals surface area contributed by atoms with Crippen molar-refractivity contribution < 1.29 is 0 Å². The van der Waals surface area contributed by atoms with E-state index in [1.807, 2.05) is 11.8 Å². The van der Waals surface area contributed by atoms with E-state index in [9.17, 15) is 0 Å². The summed E-state index contributed by atoms with van der Waals surface area (Å²) in [4.78, 5) is 8.60. The van der Waals surface area contributed by atoms with E-state index in [0.717, 1.165) is 31.5 Å². The van der Waals surface area contributed by atoms with Gasteiger partial charge in [0.1, 0.15) is 0 Å². The van der Waals surface area contributed by atoms with E-state index in [2.05, 4.69) is 66.6 Å². The zero-order chi connectivity index (χ0) is 17.2. The van der Waals surface area contributed by atoms with Crippen LogP contribution in [0, 0.1) is 5.92 Å². The predicted molar refractivity (Wildman–Crippen MR) is 121 cm³/mol. The molecule has 6 heteroatoms. The van der Waals surface area contributed by atoms with Crippen LogP contribution >= 0.6 is 35.7 Å². The van der Waals surface area contributed by atoms with Crippen LogP contribution in [0.2, 0.25) is 0 Å². The predicted octanol–water partition coefficient (Wildman–Crippen LogP) is 3.68. The number of aliphatic imine (C=N–C) groups is 1. The van der Waals surface area contributed by atoms with Crippen LogP contribution in [0.1, 0.15) is 27.2 Å². The second-order valence-corrected chi connectivity index (χ2v) is 7.90. The van der Waals surface area contributed by atoms with Crippen molar-refractivity contribution in [2.45, 2.75) is 37.3 Å². The Morgan fingerprint density at radius 3 is 2.68 bits per heavy atom. The van der Waals surface area contributed by atoms with Gasteiger partial charge in [0.25, 0.3) is 0 Å². The standard InChI is InChI=1S/C19H32N4S.HI/c1-4-20-19(22-14-17-11-12-23(5-2)15-17)21-13-16(3)24-18-9-7-6-8-10-18;/h6-10,16-17H,4-5,11-15H2,1-3H3,(H2,20,21,22);1H. The molecule has 0 aromatic heterocycles. The second-order valence-electron chi connectivity index (χ2n) is 6.39. The van der Waals surface area contributed by atoms with Crippen molar-refractivity contribution in [1.82, 2.24) is 15.5 Å². The molecule has 4 nitrogen and oxygen atoms in total. The molecule has 1 fully saturated rings. The number of benzene rings is 1. The fourth-order valence-corrected chi connectivity index (χ4v) is 3.87. The number of halogens is 1. The zero-order valence-electron chi connectivity index (χ0n) is 15.7. The minimum absolute atomic E-state index is 0. The molecular weight excluding hydrogens is 443 g/mol. The molecular formula is C19H33IN4S. The van der Waals surface area contributed by atoms with Crippen molar-refractivity contribution in [3.63, 3.8) is 0 Å². The first-order valence-electron chi connectivity index (χ1n) is 9.17. The SMILES string of the molecule is CCNC(=NCC(C)Sc1ccccc1)NCC1CCN(CC)C1.I. The molecule has 1 aliphatic heterocycles. The van der Waals surface area contributed by atoms with Crippen molar-refractivity contribution in [2.24, 2.45) is 10.9 Å². The summed E-state index contributed by atoms with van der Waals surface area (Å²) in [6.45, 7) is 13.0. The highest BCUT2D eigenvalue weighted by Crippen LogP contribution is 2.22. The maximum Gasteiger partial charge on any atom is 0.191 e. The lowest BCUT2D eigenvalue weighted by Crippen LogP contribution is -2.40. The Morgan fingerprint density at radius 2 is 2.04 bits per heavy atom. The van der Waals surface area contributed by atoms with E-state index in [4.69, 9.17) is 4.99 Å². The summed E-state index contributed by atoms with van der Waals surface area (Å²) in [5.41, 5.74) is 0. The van der Waals surface area contributed by atoms with Gasteiger partial charge in [-0.1, -0.05) is 32.0 Å². The average molecular weight is 476 g/mol. The van der Waals surface area contributed by atoms with Crippen molar-refractivity contribution in [2.75, 3.05) is 39.3 Å². The normalized spacial score (nSPS) is 19.3. The summed E-state index contributed by atoms with van der Waals surface area (Å²) < 4.78 is 0. The van der Waals surface area contributed by atoms with Crippen LogP contribution in [0.15, 0.2) is 40.2 Å². The molecule has 0 spiro atoms. The van der Waals surface area contributed by atoms with Crippen molar-refractivity contribution in [3.05, 3.63) is 30.3 Å². The quantitative estimate of drug-likeness (QED) is 0.260. The molecule has 1 aromatic carbocycles. The summed E-state index contributed by atoms with van der Waals surface area (Å²) in [5, 5.41) is 7.36. The van der Waals surface area contributed by atoms with Gasteiger partial charge >= 0.3 is 0 Å². The van der Waals surface area contributed by atoms with Crippen LogP contribution in [0.25, 0.3) is 0 Å².